The molecule has 0 saturated heterocycles. The Labute approximate surface area is 81.9 Å². The van der Waals surface area contributed by atoms with Crippen molar-refractivity contribution in [1.82, 2.24) is 0 Å². The molecule has 0 bridgehead atoms. The normalized spacial score (nSPS) is 10.5. The highest BCUT2D eigenvalue weighted by Gasteiger charge is 1.91. The number of hydrogen-bond donors (Lipinski definition) is 1. The molecule has 2 N–H and O–H groups in total. The minimum atomic E-state index is 0.823. The third-order valence-corrected chi connectivity index (χ3v) is 2.32. The molecule has 2 heteroatoms. The van der Waals surface area contributed by atoms with Crippen LogP contribution in [0.3, 0.4) is 0 Å². The molecule has 0 rings (SSSR count). The third kappa shape index (κ3) is 10.2. The molecule has 0 aromatic carbocycles. The second-order valence-electron chi connectivity index (χ2n) is 3.32. The van der Waals surface area contributed by atoms with Gasteiger partial charge in [-0.3, -0.25) is 0 Å². The van der Waals surface area contributed by atoms with Crippen molar-refractivity contribution in [1.29, 1.82) is 0 Å². The lowest BCUT2D eigenvalue weighted by Gasteiger charge is -2.00. The minimum Gasteiger partial charge on any atom is -0.346 e. The standard InChI is InChI=1S/C10H22ClN/c1-2-3-4-6-9-12-10-7-5-8-11/h12H,2-10H2,1H3/p+1. The van der Waals surface area contributed by atoms with E-state index in [1.165, 1.54) is 51.6 Å². The number of halogens is 1. The van der Waals surface area contributed by atoms with Crippen LogP contribution in [-0.4, -0.2) is 19.0 Å². The van der Waals surface area contributed by atoms with Gasteiger partial charge in [-0.2, -0.15) is 0 Å². The largest absolute Gasteiger partial charge is 0.346 e. The molecule has 0 spiro atoms. The highest BCUT2D eigenvalue weighted by molar-refractivity contribution is 6.17. The highest BCUT2D eigenvalue weighted by Crippen LogP contribution is 1.95. The van der Waals surface area contributed by atoms with Crippen molar-refractivity contribution in [2.24, 2.45) is 0 Å². The van der Waals surface area contributed by atoms with Gasteiger partial charge in [0.1, 0.15) is 0 Å². The Morgan fingerprint density at radius 3 is 2.17 bits per heavy atom. The summed E-state index contributed by atoms with van der Waals surface area (Å²) in [5.41, 5.74) is 0. The van der Waals surface area contributed by atoms with Gasteiger partial charge in [0.2, 0.25) is 0 Å². The lowest BCUT2D eigenvalue weighted by Crippen LogP contribution is -2.84. The first kappa shape index (κ1) is 12.2. The van der Waals surface area contributed by atoms with E-state index in [4.69, 9.17) is 11.6 Å². The van der Waals surface area contributed by atoms with Crippen LogP contribution in [0.1, 0.15) is 45.4 Å². The summed E-state index contributed by atoms with van der Waals surface area (Å²) in [7, 11) is 0. The summed E-state index contributed by atoms with van der Waals surface area (Å²) in [4.78, 5) is 0. The number of quaternary nitrogens is 1. The zero-order chi connectivity index (χ0) is 9.07. The predicted molar refractivity (Wildman–Crippen MR) is 55.8 cm³/mol. The topological polar surface area (TPSA) is 16.6 Å². The first-order valence-corrected chi connectivity index (χ1v) is 5.83. The van der Waals surface area contributed by atoms with Crippen molar-refractivity contribution in [2.75, 3.05) is 19.0 Å². The van der Waals surface area contributed by atoms with Gasteiger partial charge in [-0.1, -0.05) is 19.8 Å². The van der Waals surface area contributed by atoms with Crippen LogP contribution < -0.4 is 5.32 Å². The lowest BCUT2D eigenvalue weighted by molar-refractivity contribution is -0.655. The average molecular weight is 193 g/mol. The number of unbranched alkanes of at least 4 members (excludes halogenated alkanes) is 4. The maximum atomic E-state index is 5.57. The predicted octanol–water partition coefficient (Wildman–Crippen LogP) is 2.15. The fraction of sp³-hybridized carbons (Fsp3) is 1.00. The van der Waals surface area contributed by atoms with E-state index in [2.05, 4.69) is 12.2 Å². The summed E-state index contributed by atoms with van der Waals surface area (Å²) in [6, 6.07) is 0. The van der Waals surface area contributed by atoms with Gasteiger partial charge in [0, 0.05) is 5.88 Å². The summed E-state index contributed by atoms with van der Waals surface area (Å²) in [6.45, 7) is 4.82. The molecule has 0 unspecified atom stereocenters. The van der Waals surface area contributed by atoms with Crippen molar-refractivity contribution in [3.05, 3.63) is 0 Å². The molecule has 74 valence electrons. The minimum absolute atomic E-state index is 0.823. The Morgan fingerprint density at radius 1 is 0.917 bits per heavy atom. The van der Waals surface area contributed by atoms with Crippen LogP contribution in [0.2, 0.25) is 0 Å². The van der Waals surface area contributed by atoms with Gasteiger partial charge in [0.05, 0.1) is 13.1 Å². The zero-order valence-corrected chi connectivity index (χ0v) is 9.08. The molecular formula is C10H23ClN+. The molecule has 0 saturated carbocycles. The summed E-state index contributed by atoms with van der Waals surface area (Å²) in [6.07, 6.45) is 7.98. The van der Waals surface area contributed by atoms with Crippen LogP contribution in [0.5, 0.6) is 0 Å². The molecule has 0 aliphatic heterocycles. The zero-order valence-electron chi connectivity index (χ0n) is 8.32. The number of hydrogen-bond acceptors (Lipinski definition) is 0. The molecule has 0 aliphatic rings. The molecule has 0 heterocycles. The number of rotatable bonds is 9. The molecule has 0 radical (unpaired) electrons. The Hall–Kier alpha value is 0.250. The maximum absolute atomic E-state index is 5.57. The number of nitrogens with two attached hydrogens (primary N) is 1. The fourth-order valence-corrected chi connectivity index (χ4v) is 1.43. The van der Waals surface area contributed by atoms with Crippen LogP contribution in [0.4, 0.5) is 0 Å². The van der Waals surface area contributed by atoms with Crippen LogP contribution in [-0.2, 0) is 0 Å². The Morgan fingerprint density at radius 2 is 1.58 bits per heavy atom. The SMILES string of the molecule is CCCCCC[NH2+]CCCCCl. The molecule has 0 aromatic heterocycles. The quantitative estimate of drug-likeness (QED) is 0.426. The number of alkyl halides is 1. The van der Waals surface area contributed by atoms with Gasteiger partial charge in [-0.05, 0) is 25.7 Å². The van der Waals surface area contributed by atoms with Crippen LogP contribution >= 0.6 is 11.6 Å². The van der Waals surface area contributed by atoms with Gasteiger partial charge in [-0.15, -0.1) is 11.6 Å². The van der Waals surface area contributed by atoms with Crippen LogP contribution in [0.15, 0.2) is 0 Å². The van der Waals surface area contributed by atoms with Crippen LogP contribution in [0.25, 0.3) is 0 Å². The summed E-state index contributed by atoms with van der Waals surface area (Å²) >= 11 is 5.57. The van der Waals surface area contributed by atoms with E-state index in [1.807, 2.05) is 0 Å². The molecular weight excluding hydrogens is 170 g/mol. The Balaban J connectivity index is 2.73. The molecule has 0 aromatic rings. The fourth-order valence-electron chi connectivity index (χ4n) is 1.24. The molecule has 12 heavy (non-hydrogen) atoms. The van der Waals surface area contributed by atoms with Gasteiger partial charge in [0.15, 0.2) is 0 Å². The van der Waals surface area contributed by atoms with Crippen molar-refractivity contribution in [2.45, 2.75) is 45.4 Å². The molecule has 0 amide bonds. The van der Waals surface area contributed by atoms with Crippen LogP contribution in [0, 0.1) is 0 Å². The summed E-state index contributed by atoms with van der Waals surface area (Å²) < 4.78 is 0. The van der Waals surface area contributed by atoms with Gasteiger partial charge in [-0.25, -0.2) is 0 Å². The van der Waals surface area contributed by atoms with E-state index >= 15 is 0 Å². The first-order chi connectivity index (χ1) is 5.91. The first-order valence-electron chi connectivity index (χ1n) is 5.29. The van der Waals surface area contributed by atoms with Crippen molar-refractivity contribution in [3.63, 3.8) is 0 Å². The highest BCUT2D eigenvalue weighted by atomic mass is 35.5. The molecule has 0 fully saturated rings. The van der Waals surface area contributed by atoms with Gasteiger partial charge in [0.25, 0.3) is 0 Å². The molecule has 0 aliphatic carbocycles. The maximum Gasteiger partial charge on any atom is 0.0755 e. The van der Waals surface area contributed by atoms with Crippen molar-refractivity contribution >= 4 is 11.6 Å². The van der Waals surface area contributed by atoms with E-state index < -0.39 is 0 Å². The third-order valence-electron chi connectivity index (χ3n) is 2.05. The van der Waals surface area contributed by atoms with Gasteiger partial charge >= 0.3 is 0 Å². The Bertz CT molecular complexity index is 66.2. The van der Waals surface area contributed by atoms with E-state index in [0.29, 0.717) is 0 Å². The summed E-state index contributed by atoms with van der Waals surface area (Å²) in [5.74, 6) is 0.823. The van der Waals surface area contributed by atoms with Gasteiger partial charge < -0.3 is 5.32 Å². The van der Waals surface area contributed by atoms with E-state index in [0.717, 1.165) is 5.88 Å². The smallest absolute Gasteiger partial charge is 0.0755 e. The Kier molecular flexibility index (Phi) is 11.5. The average Bonchev–Trinajstić information content (AvgIpc) is 2.10. The second kappa shape index (κ2) is 11.2. The van der Waals surface area contributed by atoms with Crippen molar-refractivity contribution in [3.8, 4) is 0 Å². The molecule has 1 nitrogen and oxygen atoms in total. The second-order valence-corrected chi connectivity index (χ2v) is 3.70. The summed E-state index contributed by atoms with van der Waals surface area (Å²) in [5, 5.41) is 2.42. The molecule has 0 atom stereocenters. The lowest BCUT2D eigenvalue weighted by atomic mass is 10.2. The van der Waals surface area contributed by atoms with Crippen molar-refractivity contribution < 1.29 is 5.32 Å². The monoisotopic (exact) mass is 192 g/mol. The van der Waals surface area contributed by atoms with E-state index in [-0.39, 0.29) is 0 Å². The van der Waals surface area contributed by atoms with E-state index in [9.17, 15) is 0 Å². The van der Waals surface area contributed by atoms with E-state index in [1.54, 1.807) is 0 Å².